The molecule has 3 aromatic heterocycles. The lowest BCUT2D eigenvalue weighted by Gasteiger charge is -2.27. The summed E-state index contributed by atoms with van der Waals surface area (Å²) in [6.07, 6.45) is 0. The van der Waals surface area contributed by atoms with E-state index in [1.54, 1.807) is 12.1 Å². The third-order valence-corrected chi connectivity index (χ3v) is 6.85. The van der Waals surface area contributed by atoms with Crippen molar-refractivity contribution >= 4 is 17.1 Å². The molecular weight excluding hydrogens is 488 g/mol. The number of carbonyl (C=O) groups is 1. The molecule has 0 aliphatic rings. The highest BCUT2D eigenvalue weighted by atomic mass is 16.4. The van der Waals surface area contributed by atoms with E-state index in [4.69, 9.17) is 9.40 Å². The third-order valence-electron chi connectivity index (χ3n) is 6.85. The Kier molecular flexibility index (Phi) is 6.30. The molecule has 5 rings (SSSR count). The second-order valence-electron chi connectivity index (χ2n) is 11.8. The number of nitrogens with zero attached hydrogens (tertiary/aromatic N) is 2. The average molecular weight is 521 g/mol. The number of hydrogen-bond acceptors (Lipinski definition) is 5. The van der Waals surface area contributed by atoms with E-state index in [1.807, 2.05) is 48.5 Å². The number of aromatic nitrogens is 2. The van der Waals surface area contributed by atoms with Crippen molar-refractivity contribution in [3.8, 4) is 39.6 Å². The first kappa shape index (κ1) is 26.2. The number of phenolic OH excluding ortho intramolecular Hbond substituents is 1. The molecule has 5 aromatic rings. The van der Waals surface area contributed by atoms with Gasteiger partial charge in [0.1, 0.15) is 22.7 Å². The van der Waals surface area contributed by atoms with Gasteiger partial charge in [0.25, 0.3) is 0 Å². The van der Waals surface area contributed by atoms with E-state index < -0.39 is 5.97 Å². The third kappa shape index (κ3) is 4.90. The minimum Gasteiger partial charge on any atom is -0.507 e. The number of carboxylic acids is 1. The van der Waals surface area contributed by atoms with Gasteiger partial charge in [-0.25, -0.2) is 14.8 Å². The van der Waals surface area contributed by atoms with E-state index in [0.29, 0.717) is 39.4 Å². The van der Waals surface area contributed by atoms with Crippen LogP contribution in [-0.2, 0) is 10.8 Å². The van der Waals surface area contributed by atoms with Crippen LogP contribution in [0, 0.1) is 0 Å². The van der Waals surface area contributed by atoms with Crippen LogP contribution in [0.15, 0.2) is 77.2 Å². The quantitative estimate of drug-likeness (QED) is 0.248. The second-order valence-corrected chi connectivity index (χ2v) is 11.8. The van der Waals surface area contributed by atoms with E-state index >= 15 is 0 Å². The second kappa shape index (κ2) is 9.38. The molecule has 0 saturated heterocycles. The molecule has 2 aromatic carbocycles. The van der Waals surface area contributed by atoms with Crippen LogP contribution >= 0.6 is 0 Å². The fraction of sp³-hybridized carbons (Fsp3) is 0.242. The SMILES string of the molecule is CC(C)(C)c1cc(-c2ccc3oc(-c4ccccc4)c(-c4cccc(C(=O)O)n4)c3n2)c(O)c(C(C)(C)C)c1. The van der Waals surface area contributed by atoms with Crippen molar-refractivity contribution in [2.75, 3.05) is 0 Å². The van der Waals surface area contributed by atoms with Crippen molar-refractivity contribution in [1.82, 2.24) is 9.97 Å². The van der Waals surface area contributed by atoms with Crippen molar-refractivity contribution in [2.45, 2.75) is 52.4 Å². The number of pyridine rings is 2. The lowest BCUT2D eigenvalue weighted by Crippen LogP contribution is -2.17. The fourth-order valence-corrected chi connectivity index (χ4v) is 4.68. The molecule has 0 radical (unpaired) electrons. The highest BCUT2D eigenvalue weighted by molar-refractivity contribution is 6.00. The summed E-state index contributed by atoms with van der Waals surface area (Å²) in [7, 11) is 0. The van der Waals surface area contributed by atoms with Crippen LogP contribution in [0.4, 0.5) is 0 Å². The summed E-state index contributed by atoms with van der Waals surface area (Å²) in [6, 6.07) is 22.2. The van der Waals surface area contributed by atoms with Gasteiger partial charge in [-0.15, -0.1) is 0 Å². The summed E-state index contributed by atoms with van der Waals surface area (Å²) < 4.78 is 6.30. The minimum atomic E-state index is -1.11. The number of carboxylic acid groups (broad SMARTS) is 1. The van der Waals surface area contributed by atoms with Crippen LogP contribution in [0.1, 0.15) is 63.2 Å². The van der Waals surface area contributed by atoms with Crippen LogP contribution in [0.5, 0.6) is 5.75 Å². The molecule has 0 fully saturated rings. The summed E-state index contributed by atoms with van der Waals surface area (Å²) in [4.78, 5) is 21.1. The molecule has 6 heteroatoms. The first-order valence-corrected chi connectivity index (χ1v) is 12.9. The van der Waals surface area contributed by atoms with Crippen LogP contribution in [-0.4, -0.2) is 26.2 Å². The van der Waals surface area contributed by atoms with Gasteiger partial charge in [-0.1, -0.05) is 84.0 Å². The lowest BCUT2D eigenvalue weighted by atomic mass is 9.78. The molecule has 0 unspecified atom stereocenters. The van der Waals surface area contributed by atoms with E-state index in [-0.39, 0.29) is 22.3 Å². The molecular formula is C33H32N2O4. The Bertz CT molecular complexity index is 1700. The largest absolute Gasteiger partial charge is 0.507 e. The highest BCUT2D eigenvalue weighted by Crippen LogP contribution is 2.44. The number of phenols is 1. The van der Waals surface area contributed by atoms with Crippen molar-refractivity contribution in [2.24, 2.45) is 0 Å². The number of fused-ring (bicyclic) bond motifs is 1. The van der Waals surface area contributed by atoms with Gasteiger partial charge in [-0.3, -0.25) is 0 Å². The number of aromatic carboxylic acids is 1. The molecule has 0 aliphatic carbocycles. The molecule has 6 nitrogen and oxygen atoms in total. The smallest absolute Gasteiger partial charge is 0.354 e. The molecule has 0 aliphatic heterocycles. The van der Waals surface area contributed by atoms with E-state index in [1.165, 1.54) is 6.07 Å². The van der Waals surface area contributed by atoms with E-state index in [0.717, 1.165) is 16.7 Å². The Morgan fingerprint density at radius 1 is 0.795 bits per heavy atom. The molecule has 0 saturated carbocycles. The molecule has 3 heterocycles. The summed E-state index contributed by atoms with van der Waals surface area (Å²) in [6.45, 7) is 12.7. The van der Waals surface area contributed by atoms with Crippen molar-refractivity contribution in [3.63, 3.8) is 0 Å². The number of rotatable bonds is 4. The van der Waals surface area contributed by atoms with Gasteiger partial charge in [0.05, 0.1) is 17.0 Å². The van der Waals surface area contributed by atoms with Gasteiger partial charge in [0, 0.05) is 16.7 Å². The first-order chi connectivity index (χ1) is 18.3. The molecule has 198 valence electrons. The Morgan fingerprint density at radius 3 is 2.15 bits per heavy atom. The lowest BCUT2D eigenvalue weighted by molar-refractivity contribution is 0.0690. The van der Waals surface area contributed by atoms with Gasteiger partial charge in [0.15, 0.2) is 5.58 Å². The molecule has 2 N–H and O–H groups in total. The maximum absolute atomic E-state index is 11.7. The predicted molar refractivity (Wildman–Crippen MR) is 154 cm³/mol. The Morgan fingerprint density at radius 2 is 1.51 bits per heavy atom. The van der Waals surface area contributed by atoms with Crippen LogP contribution in [0.3, 0.4) is 0 Å². The Labute approximate surface area is 228 Å². The molecule has 0 atom stereocenters. The molecule has 0 bridgehead atoms. The number of benzene rings is 2. The summed E-state index contributed by atoms with van der Waals surface area (Å²) >= 11 is 0. The highest BCUT2D eigenvalue weighted by Gasteiger charge is 2.27. The van der Waals surface area contributed by atoms with Crippen molar-refractivity contribution < 1.29 is 19.4 Å². The number of aromatic hydroxyl groups is 1. The Hall–Kier alpha value is -4.45. The summed E-state index contributed by atoms with van der Waals surface area (Å²) in [5.74, 6) is -0.367. The van der Waals surface area contributed by atoms with E-state index in [2.05, 4.69) is 52.6 Å². The van der Waals surface area contributed by atoms with Crippen molar-refractivity contribution in [3.05, 3.63) is 89.6 Å². The molecule has 0 spiro atoms. The normalized spacial score (nSPS) is 12.2. The van der Waals surface area contributed by atoms with Gasteiger partial charge in [-0.05, 0) is 46.7 Å². The maximum atomic E-state index is 11.7. The van der Waals surface area contributed by atoms with Gasteiger partial charge < -0.3 is 14.6 Å². The first-order valence-electron chi connectivity index (χ1n) is 12.9. The predicted octanol–water partition coefficient (Wildman–Crippen LogP) is 8.22. The van der Waals surface area contributed by atoms with Gasteiger partial charge in [-0.2, -0.15) is 0 Å². The van der Waals surface area contributed by atoms with Crippen molar-refractivity contribution in [1.29, 1.82) is 0 Å². The van der Waals surface area contributed by atoms with Crippen LogP contribution < -0.4 is 0 Å². The van der Waals surface area contributed by atoms with Gasteiger partial charge in [0.2, 0.25) is 0 Å². The molecule has 39 heavy (non-hydrogen) atoms. The standard InChI is InChI=1S/C33H32N2O4/c1-32(2,3)20-17-21(29(36)22(18-20)33(4,5)6)23-15-16-26-28(35-23)27(24-13-10-14-25(34-24)31(37)38)30(39-26)19-11-8-7-9-12-19/h7-18,36H,1-6H3,(H,37,38). The van der Waals surface area contributed by atoms with E-state index in [9.17, 15) is 15.0 Å². The minimum absolute atomic E-state index is 0.0673. The van der Waals surface area contributed by atoms with Crippen LogP contribution in [0.25, 0.3) is 44.9 Å². The zero-order valence-electron chi connectivity index (χ0n) is 23.0. The topological polar surface area (TPSA) is 96.5 Å². The zero-order valence-corrected chi connectivity index (χ0v) is 23.0. The zero-order chi connectivity index (χ0) is 28.1. The fourth-order valence-electron chi connectivity index (χ4n) is 4.68. The Balaban J connectivity index is 1.82. The van der Waals surface area contributed by atoms with Gasteiger partial charge >= 0.3 is 5.97 Å². The maximum Gasteiger partial charge on any atom is 0.354 e. The molecule has 0 amide bonds. The monoisotopic (exact) mass is 520 g/mol. The number of furan rings is 1. The average Bonchev–Trinajstić information content (AvgIpc) is 3.27. The summed E-state index contributed by atoms with van der Waals surface area (Å²) in [5.41, 5.74) is 5.62. The van der Waals surface area contributed by atoms with Crippen LogP contribution in [0.2, 0.25) is 0 Å². The number of hydrogen-bond donors (Lipinski definition) is 2. The summed E-state index contributed by atoms with van der Waals surface area (Å²) in [5, 5.41) is 21.0.